The summed E-state index contributed by atoms with van der Waals surface area (Å²) in [6.07, 6.45) is 11.3. The van der Waals surface area contributed by atoms with Crippen LogP contribution in [0.15, 0.2) is 60.2 Å². The van der Waals surface area contributed by atoms with Crippen molar-refractivity contribution in [2.75, 3.05) is 0 Å². The van der Waals surface area contributed by atoms with Crippen molar-refractivity contribution in [3.8, 4) is 5.75 Å². The van der Waals surface area contributed by atoms with Crippen LogP contribution in [-0.2, 0) is 6.42 Å². The maximum atomic E-state index is 9.10. The largest absolute Gasteiger partial charge is 0.508 e. The van der Waals surface area contributed by atoms with Gasteiger partial charge in [0.05, 0.1) is 0 Å². The molecule has 1 nitrogen and oxygen atoms in total. The van der Waals surface area contributed by atoms with Gasteiger partial charge in [-0.1, -0.05) is 42.5 Å². The zero-order valence-electron chi connectivity index (χ0n) is 7.85. The average Bonchev–Trinajstić information content (AvgIpc) is 2.70. The SMILES string of the molecule is Oc1ccc(CC=C2C=CC=C2)cc1. The lowest BCUT2D eigenvalue weighted by molar-refractivity contribution is 0.475. The lowest BCUT2D eigenvalue weighted by Crippen LogP contribution is -1.80. The van der Waals surface area contributed by atoms with E-state index in [-0.39, 0.29) is 0 Å². The van der Waals surface area contributed by atoms with Gasteiger partial charge in [0.2, 0.25) is 0 Å². The number of phenolic OH excluding ortho intramolecular Hbond substituents is 1. The lowest BCUT2D eigenvalue weighted by atomic mass is 10.1. The second kappa shape index (κ2) is 3.97. The fourth-order valence-electron chi connectivity index (χ4n) is 1.39. The topological polar surface area (TPSA) is 20.2 Å². The molecule has 0 spiro atoms. The standard InChI is InChI=1S/C13H12O/c14-13-9-7-12(8-10-13)6-5-11-3-1-2-4-11/h1-5,7-10,14H,6H2. The van der Waals surface area contributed by atoms with Crippen LogP contribution in [0.25, 0.3) is 0 Å². The second-order valence-electron chi connectivity index (χ2n) is 3.29. The Kier molecular flexibility index (Phi) is 2.50. The molecule has 0 atom stereocenters. The van der Waals surface area contributed by atoms with Crippen molar-refractivity contribution in [1.82, 2.24) is 0 Å². The van der Waals surface area contributed by atoms with E-state index in [4.69, 9.17) is 5.11 Å². The van der Waals surface area contributed by atoms with Crippen molar-refractivity contribution < 1.29 is 5.11 Å². The van der Waals surface area contributed by atoms with Gasteiger partial charge in [-0.3, -0.25) is 0 Å². The number of hydrogen-bond acceptors (Lipinski definition) is 1. The van der Waals surface area contributed by atoms with E-state index in [0.717, 1.165) is 6.42 Å². The Labute approximate surface area is 83.7 Å². The van der Waals surface area contributed by atoms with Gasteiger partial charge in [-0.25, -0.2) is 0 Å². The van der Waals surface area contributed by atoms with E-state index in [0.29, 0.717) is 5.75 Å². The van der Waals surface area contributed by atoms with Gasteiger partial charge in [0, 0.05) is 0 Å². The van der Waals surface area contributed by atoms with Crippen molar-refractivity contribution in [2.24, 2.45) is 0 Å². The van der Waals surface area contributed by atoms with Crippen LogP contribution < -0.4 is 0 Å². The molecule has 0 amide bonds. The fraction of sp³-hybridized carbons (Fsp3) is 0.0769. The molecular formula is C13H12O. The first-order valence-corrected chi connectivity index (χ1v) is 4.67. The summed E-state index contributed by atoms with van der Waals surface area (Å²) in [6, 6.07) is 7.31. The van der Waals surface area contributed by atoms with Crippen LogP contribution in [0.1, 0.15) is 5.56 Å². The third-order valence-electron chi connectivity index (χ3n) is 2.20. The Bertz CT molecular complexity index is 380. The number of aromatic hydroxyl groups is 1. The van der Waals surface area contributed by atoms with E-state index in [1.165, 1.54) is 11.1 Å². The summed E-state index contributed by atoms with van der Waals surface area (Å²) in [5.74, 6) is 0.321. The second-order valence-corrected chi connectivity index (χ2v) is 3.29. The van der Waals surface area contributed by atoms with E-state index in [2.05, 4.69) is 18.2 Å². The number of allylic oxidation sites excluding steroid dienone is 6. The van der Waals surface area contributed by atoms with Crippen molar-refractivity contribution in [3.05, 3.63) is 65.8 Å². The molecule has 1 aliphatic carbocycles. The minimum atomic E-state index is 0.321. The Morgan fingerprint density at radius 2 is 1.64 bits per heavy atom. The minimum Gasteiger partial charge on any atom is -0.508 e. The highest BCUT2D eigenvalue weighted by Crippen LogP contribution is 2.13. The van der Waals surface area contributed by atoms with E-state index in [1.54, 1.807) is 12.1 Å². The highest BCUT2D eigenvalue weighted by atomic mass is 16.3. The number of phenols is 1. The first kappa shape index (κ1) is 8.82. The fourth-order valence-corrected chi connectivity index (χ4v) is 1.39. The maximum Gasteiger partial charge on any atom is 0.115 e. The minimum absolute atomic E-state index is 0.321. The molecule has 0 bridgehead atoms. The van der Waals surface area contributed by atoms with E-state index < -0.39 is 0 Å². The summed E-state index contributed by atoms with van der Waals surface area (Å²) >= 11 is 0. The molecule has 1 heteroatoms. The summed E-state index contributed by atoms with van der Waals surface area (Å²) in [4.78, 5) is 0. The molecule has 0 saturated heterocycles. The van der Waals surface area contributed by atoms with Gasteiger partial charge in [0.25, 0.3) is 0 Å². The third-order valence-corrected chi connectivity index (χ3v) is 2.20. The zero-order valence-corrected chi connectivity index (χ0v) is 7.85. The van der Waals surface area contributed by atoms with Gasteiger partial charge in [0.15, 0.2) is 0 Å². The maximum absolute atomic E-state index is 9.10. The number of rotatable bonds is 2. The van der Waals surface area contributed by atoms with E-state index in [1.807, 2.05) is 24.3 Å². The number of hydrogen-bond donors (Lipinski definition) is 1. The van der Waals surface area contributed by atoms with Crippen LogP contribution in [0, 0.1) is 0 Å². The predicted molar refractivity (Wildman–Crippen MR) is 58.2 cm³/mol. The molecule has 0 aromatic heterocycles. The van der Waals surface area contributed by atoms with Gasteiger partial charge >= 0.3 is 0 Å². The van der Waals surface area contributed by atoms with Crippen molar-refractivity contribution in [3.63, 3.8) is 0 Å². The molecule has 1 aromatic rings. The smallest absolute Gasteiger partial charge is 0.115 e. The molecule has 0 heterocycles. The Morgan fingerprint density at radius 1 is 1.00 bits per heavy atom. The number of benzene rings is 1. The van der Waals surface area contributed by atoms with Gasteiger partial charge in [-0.2, -0.15) is 0 Å². The average molecular weight is 184 g/mol. The predicted octanol–water partition coefficient (Wildman–Crippen LogP) is 2.99. The van der Waals surface area contributed by atoms with Crippen LogP contribution in [0.2, 0.25) is 0 Å². The quantitative estimate of drug-likeness (QED) is 0.749. The summed E-state index contributed by atoms with van der Waals surface area (Å²) in [6.45, 7) is 0. The summed E-state index contributed by atoms with van der Waals surface area (Å²) in [5, 5.41) is 9.10. The third kappa shape index (κ3) is 2.13. The first-order valence-electron chi connectivity index (χ1n) is 4.67. The zero-order chi connectivity index (χ0) is 9.80. The molecule has 1 aromatic carbocycles. The molecule has 1 aliphatic rings. The van der Waals surface area contributed by atoms with Crippen molar-refractivity contribution in [2.45, 2.75) is 6.42 Å². The van der Waals surface area contributed by atoms with Crippen LogP contribution in [0.3, 0.4) is 0 Å². The molecule has 0 fully saturated rings. The molecule has 0 saturated carbocycles. The Morgan fingerprint density at radius 3 is 2.29 bits per heavy atom. The van der Waals surface area contributed by atoms with Gasteiger partial charge in [-0.15, -0.1) is 0 Å². The van der Waals surface area contributed by atoms with Crippen LogP contribution in [0.4, 0.5) is 0 Å². The van der Waals surface area contributed by atoms with Crippen LogP contribution in [-0.4, -0.2) is 5.11 Å². The molecule has 1 N–H and O–H groups in total. The molecule has 0 radical (unpaired) electrons. The summed E-state index contributed by atoms with van der Waals surface area (Å²) < 4.78 is 0. The van der Waals surface area contributed by atoms with E-state index in [9.17, 15) is 0 Å². The van der Waals surface area contributed by atoms with Crippen LogP contribution >= 0.6 is 0 Å². The van der Waals surface area contributed by atoms with Gasteiger partial charge < -0.3 is 5.11 Å². The highest BCUT2D eigenvalue weighted by Gasteiger charge is 1.93. The molecule has 2 rings (SSSR count). The van der Waals surface area contributed by atoms with Crippen molar-refractivity contribution >= 4 is 0 Å². The van der Waals surface area contributed by atoms with E-state index >= 15 is 0 Å². The Hall–Kier alpha value is -1.76. The molecule has 14 heavy (non-hydrogen) atoms. The monoisotopic (exact) mass is 184 g/mol. The van der Waals surface area contributed by atoms with Gasteiger partial charge in [0.1, 0.15) is 5.75 Å². The molecular weight excluding hydrogens is 172 g/mol. The molecule has 70 valence electrons. The molecule has 0 unspecified atom stereocenters. The normalized spacial score (nSPS) is 13.6. The lowest BCUT2D eigenvalue weighted by Gasteiger charge is -1.97. The highest BCUT2D eigenvalue weighted by molar-refractivity contribution is 5.40. The summed E-state index contributed by atoms with van der Waals surface area (Å²) in [7, 11) is 0. The Balaban J connectivity index is 2.04. The first-order chi connectivity index (χ1) is 6.84. The molecule has 0 aliphatic heterocycles. The van der Waals surface area contributed by atoms with Gasteiger partial charge in [-0.05, 0) is 29.7 Å². The summed E-state index contributed by atoms with van der Waals surface area (Å²) in [5.41, 5.74) is 2.46. The van der Waals surface area contributed by atoms with Crippen molar-refractivity contribution in [1.29, 1.82) is 0 Å². The van der Waals surface area contributed by atoms with Crippen LogP contribution in [0.5, 0.6) is 5.75 Å².